The third-order valence-corrected chi connectivity index (χ3v) is 6.59. The number of hydrogen-bond acceptors (Lipinski definition) is 4. The van der Waals surface area contributed by atoms with Gasteiger partial charge in [0.05, 0.1) is 13.2 Å². The molecule has 1 saturated heterocycles. The van der Waals surface area contributed by atoms with Gasteiger partial charge in [0, 0.05) is 59.5 Å². The predicted octanol–water partition coefficient (Wildman–Crippen LogP) is 2.62. The quantitative estimate of drug-likeness (QED) is 0.510. The molecule has 0 spiro atoms. The fourth-order valence-electron chi connectivity index (χ4n) is 2.83. The molecular weight excluding hydrogens is 374 g/mol. The summed E-state index contributed by atoms with van der Waals surface area (Å²) in [5, 5.41) is 6.56. The lowest BCUT2D eigenvalue weighted by atomic mass is 10.1. The molecule has 0 bridgehead atoms. The highest BCUT2D eigenvalue weighted by Gasteiger charge is 2.19. The minimum atomic E-state index is -0.882. The highest BCUT2D eigenvalue weighted by atomic mass is 32.2. The van der Waals surface area contributed by atoms with Crippen molar-refractivity contribution in [2.24, 2.45) is 10.9 Å². The number of benzene rings is 1. The molecular formula is C21H35N3O3S. The molecule has 0 radical (unpaired) electrons. The SMILES string of the molecule is CN=C(NCCS(=O)C(C)(C)C)NCc1ccc(C)cc1OCC1CCOC1. The number of guanidine groups is 1. The van der Waals surface area contributed by atoms with Gasteiger partial charge in [-0.1, -0.05) is 12.1 Å². The molecule has 0 amide bonds. The van der Waals surface area contributed by atoms with Crippen molar-refractivity contribution in [1.29, 1.82) is 0 Å². The van der Waals surface area contributed by atoms with Crippen LogP contribution in [0.2, 0.25) is 0 Å². The maximum atomic E-state index is 12.2. The average molecular weight is 410 g/mol. The van der Waals surface area contributed by atoms with E-state index in [1.54, 1.807) is 7.05 Å². The number of ether oxygens (including phenoxy) is 2. The van der Waals surface area contributed by atoms with Crippen molar-refractivity contribution in [3.63, 3.8) is 0 Å². The summed E-state index contributed by atoms with van der Waals surface area (Å²) in [4.78, 5) is 4.26. The van der Waals surface area contributed by atoms with Crippen LogP contribution >= 0.6 is 0 Å². The number of aryl methyl sites for hydroxylation is 1. The van der Waals surface area contributed by atoms with E-state index in [1.165, 1.54) is 5.56 Å². The van der Waals surface area contributed by atoms with Crippen LogP contribution in [0.1, 0.15) is 38.3 Å². The Morgan fingerprint density at radius 3 is 2.79 bits per heavy atom. The smallest absolute Gasteiger partial charge is 0.191 e. The van der Waals surface area contributed by atoms with E-state index >= 15 is 0 Å². The molecule has 1 aromatic carbocycles. The Hall–Kier alpha value is -1.60. The van der Waals surface area contributed by atoms with E-state index < -0.39 is 10.8 Å². The Labute approximate surface area is 171 Å². The van der Waals surface area contributed by atoms with Gasteiger partial charge in [-0.3, -0.25) is 9.20 Å². The minimum absolute atomic E-state index is 0.197. The second kappa shape index (κ2) is 10.8. The van der Waals surface area contributed by atoms with E-state index in [9.17, 15) is 4.21 Å². The van der Waals surface area contributed by atoms with E-state index in [2.05, 4.69) is 40.7 Å². The number of aliphatic imine (C=N–C) groups is 1. The summed E-state index contributed by atoms with van der Waals surface area (Å²) in [5.41, 5.74) is 2.26. The summed E-state index contributed by atoms with van der Waals surface area (Å²) >= 11 is 0. The molecule has 1 heterocycles. The minimum Gasteiger partial charge on any atom is -0.493 e. The van der Waals surface area contributed by atoms with Crippen LogP contribution in [0.15, 0.2) is 23.2 Å². The van der Waals surface area contributed by atoms with Crippen molar-refractivity contribution >= 4 is 16.8 Å². The lowest BCUT2D eigenvalue weighted by Gasteiger charge is -2.19. The van der Waals surface area contributed by atoms with Crippen LogP contribution < -0.4 is 15.4 Å². The molecule has 158 valence electrons. The van der Waals surface area contributed by atoms with Crippen molar-refractivity contribution in [1.82, 2.24) is 10.6 Å². The summed E-state index contributed by atoms with van der Waals surface area (Å²) in [7, 11) is 0.857. The first-order chi connectivity index (χ1) is 13.3. The maximum absolute atomic E-state index is 12.2. The first-order valence-corrected chi connectivity index (χ1v) is 11.2. The van der Waals surface area contributed by atoms with Crippen LogP contribution in [0.25, 0.3) is 0 Å². The number of hydrogen-bond donors (Lipinski definition) is 2. The normalized spacial score (nSPS) is 18.8. The monoisotopic (exact) mass is 409 g/mol. The lowest BCUT2D eigenvalue weighted by Crippen LogP contribution is -2.40. The molecule has 0 aliphatic carbocycles. The van der Waals surface area contributed by atoms with Crippen molar-refractivity contribution in [2.75, 3.05) is 39.2 Å². The van der Waals surface area contributed by atoms with E-state index in [4.69, 9.17) is 9.47 Å². The molecule has 6 nitrogen and oxygen atoms in total. The fraction of sp³-hybridized carbons (Fsp3) is 0.667. The van der Waals surface area contributed by atoms with Crippen molar-refractivity contribution in [3.05, 3.63) is 29.3 Å². The lowest BCUT2D eigenvalue weighted by molar-refractivity contribution is 0.166. The Morgan fingerprint density at radius 1 is 1.36 bits per heavy atom. The van der Waals surface area contributed by atoms with Crippen LogP contribution in [-0.4, -0.2) is 54.1 Å². The molecule has 2 N–H and O–H groups in total. The standard InChI is InChI=1S/C21H35N3O3S/c1-16-6-7-18(19(12-16)27-15-17-8-10-26-14-17)13-24-20(22-5)23-9-11-28(25)21(2,3)4/h6-7,12,17H,8-11,13-15H2,1-5H3,(H2,22,23,24). The molecule has 2 atom stereocenters. The van der Waals surface area contributed by atoms with Crippen LogP contribution in [-0.2, 0) is 22.1 Å². The molecule has 1 aliphatic rings. The van der Waals surface area contributed by atoms with Gasteiger partial charge >= 0.3 is 0 Å². The summed E-state index contributed by atoms with van der Waals surface area (Å²) in [5.74, 6) is 2.66. The summed E-state index contributed by atoms with van der Waals surface area (Å²) < 4.78 is 23.5. The second-order valence-electron chi connectivity index (χ2n) is 8.17. The van der Waals surface area contributed by atoms with Gasteiger partial charge in [-0.05, 0) is 45.7 Å². The summed E-state index contributed by atoms with van der Waals surface area (Å²) in [6.07, 6.45) is 1.06. The summed E-state index contributed by atoms with van der Waals surface area (Å²) in [6.45, 7) is 11.6. The molecule has 1 fully saturated rings. The summed E-state index contributed by atoms with van der Waals surface area (Å²) in [6, 6.07) is 6.26. The largest absolute Gasteiger partial charge is 0.493 e. The fourth-order valence-corrected chi connectivity index (χ4v) is 3.73. The van der Waals surface area contributed by atoms with Gasteiger partial charge in [0.25, 0.3) is 0 Å². The second-order valence-corrected chi connectivity index (χ2v) is 10.5. The molecule has 1 aromatic rings. The first-order valence-electron chi connectivity index (χ1n) is 9.92. The van der Waals surface area contributed by atoms with Gasteiger partial charge in [0.15, 0.2) is 5.96 Å². The van der Waals surface area contributed by atoms with Crippen LogP contribution in [0, 0.1) is 12.8 Å². The molecule has 0 aromatic heterocycles. The zero-order chi connectivity index (χ0) is 20.6. The molecule has 1 aliphatic heterocycles. The average Bonchev–Trinajstić information content (AvgIpc) is 3.16. The molecule has 28 heavy (non-hydrogen) atoms. The zero-order valence-electron chi connectivity index (χ0n) is 17.8. The first kappa shape index (κ1) is 22.7. The molecule has 2 rings (SSSR count). The molecule has 7 heteroatoms. The topological polar surface area (TPSA) is 72.0 Å². The van der Waals surface area contributed by atoms with E-state index in [-0.39, 0.29) is 4.75 Å². The number of nitrogens with one attached hydrogen (secondary N) is 2. The Kier molecular flexibility index (Phi) is 8.76. The molecule has 2 unspecified atom stereocenters. The Morgan fingerprint density at radius 2 is 2.14 bits per heavy atom. The number of nitrogens with zero attached hydrogens (tertiary/aromatic N) is 1. The van der Waals surface area contributed by atoms with Gasteiger partial charge in [-0.15, -0.1) is 0 Å². The highest BCUT2D eigenvalue weighted by molar-refractivity contribution is 7.86. The van der Waals surface area contributed by atoms with E-state index in [0.717, 1.165) is 30.9 Å². The van der Waals surface area contributed by atoms with Crippen molar-refractivity contribution in [2.45, 2.75) is 45.4 Å². The third-order valence-electron chi connectivity index (χ3n) is 4.65. The van der Waals surface area contributed by atoms with Crippen LogP contribution in [0.3, 0.4) is 0 Å². The van der Waals surface area contributed by atoms with Gasteiger partial charge in [-0.2, -0.15) is 0 Å². The highest BCUT2D eigenvalue weighted by Crippen LogP contribution is 2.22. The third kappa shape index (κ3) is 7.43. The van der Waals surface area contributed by atoms with Gasteiger partial charge in [0.2, 0.25) is 0 Å². The van der Waals surface area contributed by atoms with Crippen molar-refractivity contribution in [3.8, 4) is 5.75 Å². The van der Waals surface area contributed by atoms with Gasteiger partial charge < -0.3 is 20.1 Å². The number of rotatable bonds is 8. The van der Waals surface area contributed by atoms with E-state index in [1.807, 2.05) is 20.8 Å². The zero-order valence-corrected chi connectivity index (χ0v) is 18.7. The predicted molar refractivity (Wildman–Crippen MR) is 117 cm³/mol. The van der Waals surface area contributed by atoms with Crippen molar-refractivity contribution < 1.29 is 13.7 Å². The molecule has 0 saturated carbocycles. The maximum Gasteiger partial charge on any atom is 0.191 e. The van der Waals surface area contributed by atoms with E-state index in [0.29, 0.717) is 37.3 Å². The Bertz CT molecular complexity index is 680. The van der Waals surface area contributed by atoms with Crippen LogP contribution in [0.4, 0.5) is 0 Å². The van der Waals surface area contributed by atoms with Gasteiger partial charge in [-0.25, -0.2) is 0 Å². The Balaban J connectivity index is 1.86. The van der Waals surface area contributed by atoms with Crippen LogP contribution in [0.5, 0.6) is 5.75 Å². The van der Waals surface area contributed by atoms with Gasteiger partial charge in [0.1, 0.15) is 5.75 Å².